The summed E-state index contributed by atoms with van der Waals surface area (Å²) in [7, 11) is 0. The van der Waals surface area contributed by atoms with Crippen LogP contribution in [-0.4, -0.2) is 10.9 Å². The monoisotopic (exact) mass is 338 g/mol. The molecular weight excluding hydrogens is 324 g/mol. The zero-order valence-electron chi connectivity index (χ0n) is 12.8. The Morgan fingerprint density at radius 3 is 2.62 bits per heavy atom. The molecule has 120 valence electrons. The zero-order valence-corrected chi connectivity index (χ0v) is 13.6. The lowest BCUT2D eigenvalue weighted by atomic mass is 10.2. The van der Waals surface area contributed by atoms with Crippen LogP contribution in [0.1, 0.15) is 11.5 Å². The van der Waals surface area contributed by atoms with Crippen molar-refractivity contribution >= 4 is 29.3 Å². The van der Waals surface area contributed by atoms with Crippen molar-refractivity contribution in [2.75, 3.05) is 4.90 Å². The fourth-order valence-corrected chi connectivity index (χ4v) is 2.33. The average Bonchev–Trinajstić information content (AvgIpc) is 3.13. The number of nitrogens with zero attached hydrogens (tertiary/aromatic N) is 2. The number of anilines is 1. The Balaban J connectivity index is 1.86. The highest BCUT2D eigenvalue weighted by molar-refractivity contribution is 6.30. The van der Waals surface area contributed by atoms with E-state index in [2.05, 4.69) is 4.98 Å². The van der Waals surface area contributed by atoms with Crippen LogP contribution in [0.25, 0.3) is 6.08 Å². The van der Waals surface area contributed by atoms with Crippen LogP contribution in [0.5, 0.6) is 0 Å². The molecule has 0 fully saturated rings. The van der Waals surface area contributed by atoms with Crippen molar-refractivity contribution in [3.8, 4) is 0 Å². The van der Waals surface area contributed by atoms with Crippen molar-refractivity contribution in [1.29, 1.82) is 0 Å². The second kappa shape index (κ2) is 7.62. The Hall–Kier alpha value is -2.85. The molecule has 0 radical (unpaired) electrons. The zero-order chi connectivity index (χ0) is 16.8. The minimum absolute atomic E-state index is 0.167. The molecule has 0 aliphatic heterocycles. The van der Waals surface area contributed by atoms with E-state index in [0.717, 1.165) is 11.4 Å². The van der Waals surface area contributed by atoms with Crippen LogP contribution in [0.3, 0.4) is 0 Å². The third kappa shape index (κ3) is 4.12. The molecule has 1 amide bonds. The number of carbonyl (C=O) groups excluding carboxylic acids is 1. The highest BCUT2D eigenvalue weighted by Gasteiger charge is 2.14. The minimum Gasteiger partial charge on any atom is -0.465 e. The predicted octanol–water partition coefficient (Wildman–Crippen LogP) is 4.57. The number of carbonyl (C=O) groups is 1. The van der Waals surface area contributed by atoms with Crippen molar-refractivity contribution in [3.05, 3.63) is 89.6 Å². The van der Waals surface area contributed by atoms with E-state index in [4.69, 9.17) is 16.0 Å². The molecule has 0 saturated heterocycles. The van der Waals surface area contributed by atoms with E-state index in [0.29, 0.717) is 17.3 Å². The van der Waals surface area contributed by atoms with Gasteiger partial charge in [0.25, 0.3) is 5.91 Å². The lowest BCUT2D eigenvalue weighted by molar-refractivity contribution is -0.114. The minimum atomic E-state index is -0.167. The summed E-state index contributed by atoms with van der Waals surface area (Å²) in [4.78, 5) is 18.6. The van der Waals surface area contributed by atoms with Crippen LogP contribution in [0.15, 0.2) is 77.6 Å². The number of hydrogen-bond acceptors (Lipinski definition) is 3. The van der Waals surface area contributed by atoms with Crippen molar-refractivity contribution < 1.29 is 9.21 Å². The Morgan fingerprint density at radius 2 is 1.96 bits per heavy atom. The Morgan fingerprint density at radius 1 is 1.12 bits per heavy atom. The molecule has 1 aromatic carbocycles. The molecule has 0 aliphatic rings. The molecule has 4 nitrogen and oxygen atoms in total. The quantitative estimate of drug-likeness (QED) is 0.640. The van der Waals surface area contributed by atoms with Crippen LogP contribution < -0.4 is 4.90 Å². The van der Waals surface area contributed by atoms with E-state index in [9.17, 15) is 4.79 Å². The van der Waals surface area contributed by atoms with Gasteiger partial charge >= 0.3 is 0 Å². The summed E-state index contributed by atoms with van der Waals surface area (Å²) in [6.45, 7) is 0.365. The molecule has 2 aromatic heterocycles. The molecule has 0 aliphatic carbocycles. The SMILES string of the molecule is O=C(/C=C/c1ccco1)N(Cc1ccccn1)c1ccc(Cl)cc1. The van der Waals surface area contributed by atoms with Gasteiger partial charge in [-0.05, 0) is 54.6 Å². The van der Waals surface area contributed by atoms with Gasteiger partial charge < -0.3 is 9.32 Å². The molecular formula is C19H15ClN2O2. The van der Waals surface area contributed by atoms with Gasteiger partial charge in [-0.25, -0.2) is 0 Å². The molecule has 0 N–H and O–H groups in total. The van der Waals surface area contributed by atoms with Crippen LogP contribution in [-0.2, 0) is 11.3 Å². The van der Waals surface area contributed by atoms with Crippen molar-refractivity contribution in [2.45, 2.75) is 6.54 Å². The van der Waals surface area contributed by atoms with E-state index < -0.39 is 0 Å². The molecule has 0 unspecified atom stereocenters. The summed E-state index contributed by atoms with van der Waals surface area (Å²) in [5.41, 5.74) is 1.55. The van der Waals surface area contributed by atoms with Gasteiger partial charge in [0.1, 0.15) is 5.76 Å². The third-order valence-electron chi connectivity index (χ3n) is 3.38. The lowest BCUT2D eigenvalue weighted by Crippen LogP contribution is -2.29. The standard InChI is InChI=1S/C19H15ClN2O2/c20-15-6-8-17(9-7-15)22(14-16-4-1-2-12-21-16)19(23)11-10-18-5-3-13-24-18/h1-13H,14H2/b11-10+. The first-order chi connectivity index (χ1) is 11.7. The van der Waals surface area contributed by atoms with E-state index in [1.54, 1.807) is 47.7 Å². The molecule has 2 heterocycles. The number of amides is 1. The van der Waals surface area contributed by atoms with Crippen molar-refractivity contribution in [1.82, 2.24) is 4.98 Å². The Bertz CT molecular complexity index is 812. The largest absolute Gasteiger partial charge is 0.465 e. The third-order valence-corrected chi connectivity index (χ3v) is 3.64. The van der Waals surface area contributed by atoms with E-state index in [1.165, 1.54) is 6.08 Å². The second-order valence-electron chi connectivity index (χ2n) is 5.07. The van der Waals surface area contributed by atoms with Gasteiger partial charge in [0.2, 0.25) is 0 Å². The Labute approximate surface area is 145 Å². The first-order valence-electron chi connectivity index (χ1n) is 7.41. The smallest absolute Gasteiger partial charge is 0.251 e. The number of aromatic nitrogens is 1. The van der Waals surface area contributed by atoms with Crippen molar-refractivity contribution in [3.63, 3.8) is 0 Å². The van der Waals surface area contributed by atoms with E-state index in [-0.39, 0.29) is 5.91 Å². The molecule has 0 atom stereocenters. The van der Waals surface area contributed by atoms with Crippen LogP contribution in [0.2, 0.25) is 5.02 Å². The maximum absolute atomic E-state index is 12.7. The van der Waals surface area contributed by atoms with Crippen molar-refractivity contribution in [2.24, 2.45) is 0 Å². The number of halogens is 1. The molecule has 3 rings (SSSR count). The van der Waals surface area contributed by atoms with Gasteiger partial charge in [-0.3, -0.25) is 9.78 Å². The van der Waals surface area contributed by atoms with Gasteiger partial charge in [-0.1, -0.05) is 17.7 Å². The molecule has 3 aromatic rings. The summed E-state index contributed by atoms with van der Waals surface area (Å²) in [5.74, 6) is 0.455. The summed E-state index contributed by atoms with van der Waals surface area (Å²) < 4.78 is 5.22. The number of benzene rings is 1. The number of pyridine rings is 1. The van der Waals surface area contributed by atoms with Gasteiger partial charge in [0, 0.05) is 23.0 Å². The summed E-state index contributed by atoms with van der Waals surface area (Å²) in [6, 6.07) is 16.3. The van der Waals surface area contributed by atoms with E-state index >= 15 is 0 Å². The molecule has 0 spiro atoms. The lowest BCUT2D eigenvalue weighted by Gasteiger charge is -2.21. The first-order valence-corrected chi connectivity index (χ1v) is 7.79. The van der Waals surface area contributed by atoms with Crippen LogP contribution >= 0.6 is 11.6 Å². The maximum Gasteiger partial charge on any atom is 0.251 e. The normalized spacial score (nSPS) is 10.9. The van der Waals surface area contributed by atoms with Gasteiger partial charge in [-0.2, -0.15) is 0 Å². The van der Waals surface area contributed by atoms with Crippen LogP contribution in [0, 0.1) is 0 Å². The molecule has 0 saturated carbocycles. The first kappa shape index (κ1) is 16.0. The summed E-state index contributed by atoms with van der Waals surface area (Å²) in [6.07, 6.45) is 6.40. The topological polar surface area (TPSA) is 46.3 Å². The number of furan rings is 1. The van der Waals surface area contributed by atoms with Gasteiger partial charge in [0.05, 0.1) is 18.5 Å². The van der Waals surface area contributed by atoms with Gasteiger partial charge in [-0.15, -0.1) is 0 Å². The highest BCUT2D eigenvalue weighted by Crippen LogP contribution is 2.20. The summed E-state index contributed by atoms with van der Waals surface area (Å²) >= 11 is 5.94. The molecule has 0 bridgehead atoms. The highest BCUT2D eigenvalue weighted by atomic mass is 35.5. The number of hydrogen-bond donors (Lipinski definition) is 0. The second-order valence-corrected chi connectivity index (χ2v) is 5.51. The average molecular weight is 339 g/mol. The van der Waals surface area contributed by atoms with E-state index in [1.807, 2.05) is 30.3 Å². The van der Waals surface area contributed by atoms with Crippen LogP contribution in [0.4, 0.5) is 5.69 Å². The fraction of sp³-hybridized carbons (Fsp3) is 0.0526. The van der Waals surface area contributed by atoms with Gasteiger partial charge in [0.15, 0.2) is 0 Å². The number of rotatable bonds is 5. The predicted molar refractivity (Wildman–Crippen MR) is 94.6 cm³/mol. The molecule has 5 heteroatoms. The molecule has 24 heavy (non-hydrogen) atoms. The maximum atomic E-state index is 12.7. The summed E-state index contributed by atoms with van der Waals surface area (Å²) in [5, 5.41) is 0.620. The fourth-order valence-electron chi connectivity index (χ4n) is 2.20. The Kier molecular flexibility index (Phi) is 5.08.